The number of nitriles is 1. The molecule has 1 aliphatic rings. The predicted molar refractivity (Wildman–Crippen MR) is 90.3 cm³/mol. The maximum atomic E-state index is 12.2. The molecule has 0 aromatic heterocycles. The minimum Gasteiger partial charge on any atom is -0.322 e. The van der Waals surface area contributed by atoms with Gasteiger partial charge in [0.25, 0.3) is 5.91 Å². The quantitative estimate of drug-likeness (QED) is 0.870. The molecule has 1 aliphatic heterocycles. The Morgan fingerprint density at radius 3 is 2.16 bits per heavy atom. The predicted octanol–water partition coefficient (Wildman–Crippen LogP) is 2.46. The van der Waals surface area contributed by atoms with Crippen LogP contribution in [0, 0.1) is 11.3 Å². The van der Waals surface area contributed by atoms with Gasteiger partial charge in [-0.05, 0) is 42.0 Å². The highest BCUT2D eigenvalue weighted by Crippen LogP contribution is 2.17. The molecule has 0 spiro atoms. The average molecular weight is 333 g/mol. The number of nitrogens with one attached hydrogen (secondary N) is 1. The molecule has 25 heavy (non-hydrogen) atoms. The highest BCUT2D eigenvalue weighted by atomic mass is 16.2. The number of carbonyl (C=O) groups is 3. The molecule has 1 fully saturated rings. The molecule has 124 valence electrons. The Kier molecular flexibility index (Phi) is 4.57. The van der Waals surface area contributed by atoms with Gasteiger partial charge in [0.1, 0.15) is 0 Å². The van der Waals surface area contributed by atoms with E-state index in [4.69, 9.17) is 5.26 Å². The Morgan fingerprint density at radius 2 is 1.60 bits per heavy atom. The van der Waals surface area contributed by atoms with E-state index >= 15 is 0 Å². The summed E-state index contributed by atoms with van der Waals surface area (Å²) in [6.07, 6.45) is 0.536. The molecule has 2 aromatic rings. The summed E-state index contributed by atoms with van der Waals surface area (Å²) in [5, 5.41) is 11.5. The standard InChI is InChI=1S/C19H15N3O3/c20-11-13-3-7-16(8-4-13)21-19(25)15-5-1-14(2-6-15)12-22-17(23)9-10-18(22)24/h1-8H,9-10,12H2,(H,21,25). The fraction of sp³-hybridized carbons (Fsp3) is 0.158. The van der Waals surface area contributed by atoms with Gasteiger partial charge >= 0.3 is 0 Å². The van der Waals surface area contributed by atoms with Crippen molar-refractivity contribution in [2.24, 2.45) is 0 Å². The lowest BCUT2D eigenvalue weighted by atomic mass is 10.1. The van der Waals surface area contributed by atoms with Crippen molar-refractivity contribution in [2.45, 2.75) is 19.4 Å². The highest BCUT2D eigenvalue weighted by Gasteiger charge is 2.28. The zero-order valence-electron chi connectivity index (χ0n) is 13.4. The van der Waals surface area contributed by atoms with Crippen LogP contribution in [-0.4, -0.2) is 22.6 Å². The van der Waals surface area contributed by atoms with E-state index in [1.807, 2.05) is 6.07 Å². The van der Waals surface area contributed by atoms with Crippen LogP contribution >= 0.6 is 0 Å². The Morgan fingerprint density at radius 1 is 1.00 bits per heavy atom. The third kappa shape index (κ3) is 3.72. The Bertz CT molecular complexity index is 848. The molecule has 0 saturated carbocycles. The van der Waals surface area contributed by atoms with Gasteiger partial charge in [-0.1, -0.05) is 12.1 Å². The third-order valence-corrected chi connectivity index (χ3v) is 3.98. The van der Waals surface area contributed by atoms with Gasteiger partial charge in [-0.15, -0.1) is 0 Å². The first-order valence-corrected chi connectivity index (χ1v) is 7.80. The van der Waals surface area contributed by atoms with E-state index in [2.05, 4.69) is 5.32 Å². The summed E-state index contributed by atoms with van der Waals surface area (Å²) >= 11 is 0. The van der Waals surface area contributed by atoms with E-state index in [0.717, 1.165) is 5.56 Å². The number of hydrogen-bond donors (Lipinski definition) is 1. The van der Waals surface area contributed by atoms with Gasteiger partial charge in [0, 0.05) is 24.1 Å². The Labute approximate surface area is 144 Å². The third-order valence-electron chi connectivity index (χ3n) is 3.98. The van der Waals surface area contributed by atoms with Gasteiger partial charge in [-0.25, -0.2) is 0 Å². The molecule has 0 radical (unpaired) electrons. The smallest absolute Gasteiger partial charge is 0.255 e. The molecule has 3 rings (SSSR count). The summed E-state index contributed by atoms with van der Waals surface area (Å²) in [7, 11) is 0. The lowest BCUT2D eigenvalue weighted by Gasteiger charge is -2.14. The minimum atomic E-state index is -0.274. The van der Waals surface area contributed by atoms with Crippen LogP contribution in [0.2, 0.25) is 0 Å². The summed E-state index contributed by atoms with van der Waals surface area (Å²) in [4.78, 5) is 36.7. The second-order valence-electron chi connectivity index (χ2n) is 5.71. The molecule has 0 atom stereocenters. The molecule has 6 heteroatoms. The molecule has 1 saturated heterocycles. The van der Waals surface area contributed by atoms with E-state index < -0.39 is 0 Å². The molecular weight excluding hydrogens is 318 g/mol. The number of nitrogens with zero attached hydrogens (tertiary/aromatic N) is 2. The van der Waals surface area contributed by atoms with Crippen LogP contribution in [0.15, 0.2) is 48.5 Å². The maximum absolute atomic E-state index is 12.2. The van der Waals surface area contributed by atoms with Crippen molar-refractivity contribution in [2.75, 3.05) is 5.32 Å². The van der Waals surface area contributed by atoms with Crippen LogP contribution in [0.5, 0.6) is 0 Å². The number of benzene rings is 2. The monoisotopic (exact) mass is 333 g/mol. The summed E-state index contributed by atoms with van der Waals surface area (Å²) in [6, 6.07) is 15.4. The molecule has 0 unspecified atom stereocenters. The van der Waals surface area contributed by atoms with Crippen LogP contribution < -0.4 is 5.32 Å². The molecule has 1 N–H and O–H groups in total. The molecule has 1 heterocycles. The SMILES string of the molecule is N#Cc1ccc(NC(=O)c2ccc(CN3C(=O)CCC3=O)cc2)cc1. The maximum Gasteiger partial charge on any atom is 0.255 e. The lowest BCUT2D eigenvalue weighted by molar-refractivity contribution is -0.139. The van der Waals surface area contributed by atoms with Crippen LogP contribution in [0.25, 0.3) is 0 Å². The van der Waals surface area contributed by atoms with Crippen molar-refractivity contribution in [1.29, 1.82) is 5.26 Å². The summed E-state index contributed by atoms with van der Waals surface area (Å²) in [6.45, 7) is 0.231. The van der Waals surface area contributed by atoms with Crippen molar-refractivity contribution in [3.63, 3.8) is 0 Å². The topological polar surface area (TPSA) is 90.3 Å². The minimum absolute atomic E-state index is 0.160. The van der Waals surface area contributed by atoms with E-state index in [0.29, 0.717) is 16.8 Å². The average Bonchev–Trinajstić information content (AvgIpc) is 2.95. The summed E-state index contributed by atoms with van der Waals surface area (Å²) in [5.41, 5.74) is 2.38. The number of imide groups is 1. The fourth-order valence-corrected chi connectivity index (χ4v) is 2.57. The van der Waals surface area contributed by atoms with Crippen molar-refractivity contribution in [1.82, 2.24) is 4.90 Å². The molecular formula is C19H15N3O3. The summed E-state index contributed by atoms with van der Waals surface area (Å²) in [5.74, 6) is -0.593. The first-order valence-electron chi connectivity index (χ1n) is 7.80. The normalized spacial score (nSPS) is 13.6. The Hall–Kier alpha value is -3.46. The van der Waals surface area contributed by atoms with Crippen molar-refractivity contribution >= 4 is 23.4 Å². The fourth-order valence-electron chi connectivity index (χ4n) is 2.57. The number of anilines is 1. The van der Waals surface area contributed by atoms with Crippen LogP contribution in [-0.2, 0) is 16.1 Å². The van der Waals surface area contributed by atoms with Gasteiger partial charge in [0.2, 0.25) is 11.8 Å². The molecule has 0 aliphatic carbocycles. The van der Waals surface area contributed by atoms with Gasteiger partial charge in [-0.3, -0.25) is 19.3 Å². The van der Waals surface area contributed by atoms with Crippen LogP contribution in [0.1, 0.15) is 34.3 Å². The number of rotatable bonds is 4. The zero-order valence-corrected chi connectivity index (χ0v) is 13.4. The molecule has 3 amide bonds. The lowest BCUT2D eigenvalue weighted by Crippen LogP contribution is -2.28. The van der Waals surface area contributed by atoms with Gasteiger partial charge in [0.15, 0.2) is 0 Å². The van der Waals surface area contributed by atoms with Crippen molar-refractivity contribution in [3.05, 3.63) is 65.2 Å². The number of amides is 3. The molecule has 0 bridgehead atoms. The number of hydrogen-bond acceptors (Lipinski definition) is 4. The van der Waals surface area contributed by atoms with Crippen LogP contribution in [0.4, 0.5) is 5.69 Å². The molecule has 6 nitrogen and oxygen atoms in total. The van der Waals surface area contributed by atoms with Crippen molar-refractivity contribution in [3.8, 4) is 6.07 Å². The zero-order chi connectivity index (χ0) is 17.8. The van der Waals surface area contributed by atoms with E-state index in [-0.39, 0.29) is 37.1 Å². The van der Waals surface area contributed by atoms with Crippen molar-refractivity contribution < 1.29 is 14.4 Å². The summed E-state index contributed by atoms with van der Waals surface area (Å²) < 4.78 is 0. The molecule has 2 aromatic carbocycles. The van der Waals surface area contributed by atoms with E-state index in [1.165, 1.54) is 4.90 Å². The van der Waals surface area contributed by atoms with E-state index in [9.17, 15) is 14.4 Å². The largest absolute Gasteiger partial charge is 0.322 e. The second-order valence-corrected chi connectivity index (χ2v) is 5.71. The highest BCUT2D eigenvalue weighted by molar-refractivity contribution is 6.04. The Balaban J connectivity index is 1.65. The van der Waals surface area contributed by atoms with Gasteiger partial charge in [0.05, 0.1) is 18.2 Å². The number of likely N-dealkylation sites (tertiary alicyclic amines) is 1. The first-order chi connectivity index (χ1) is 12.1. The number of carbonyl (C=O) groups excluding carboxylic acids is 3. The van der Waals surface area contributed by atoms with Gasteiger partial charge < -0.3 is 5.32 Å². The first kappa shape index (κ1) is 16.4. The second kappa shape index (κ2) is 6.97. The van der Waals surface area contributed by atoms with Gasteiger partial charge in [-0.2, -0.15) is 5.26 Å². The van der Waals surface area contributed by atoms with Crippen LogP contribution in [0.3, 0.4) is 0 Å². The van der Waals surface area contributed by atoms with E-state index in [1.54, 1.807) is 48.5 Å².